The van der Waals surface area contributed by atoms with Crippen LogP contribution in [0, 0.1) is 0 Å². The zero-order valence-corrected chi connectivity index (χ0v) is 11.7. The molecule has 1 amide bonds. The normalized spacial score (nSPS) is 13.9. The van der Waals surface area contributed by atoms with Crippen molar-refractivity contribution >= 4 is 11.6 Å². The minimum Gasteiger partial charge on any atom is -0.508 e. The molecule has 1 aliphatic carbocycles. The van der Waals surface area contributed by atoms with E-state index >= 15 is 0 Å². The molecule has 21 heavy (non-hydrogen) atoms. The molecule has 4 heteroatoms. The zero-order valence-electron chi connectivity index (χ0n) is 11.7. The predicted octanol–water partition coefficient (Wildman–Crippen LogP) is 2.78. The van der Waals surface area contributed by atoms with E-state index in [2.05, 4.69) is 0 Å². The molecule has 3 rings (SSSR count). The number of para-hydroxylation sites is 1. The zero-order chi connectivity index (χ0) is 14.8. The van der Waals surface area contributed by atoms with Gasteiger partial charge in [-0.3, -0.25) is 4.79 Å². The molecule has 0 radical (unpaired) electrons. The van der Waals surface area contributed by atoms with Crippen molar-refractivity contribution in [1.82, 2.24) is 4.90 Å². The highest BCUT2D eigenvalue weighted by molar-refractivity contribution is 5.95. The standard InChI is InChI=1S/C17H18N2O2/c18-16-7-2-1-4-13(16)11-19(14-8-9-14)17(21)12-5-3-6-15(20)10-12/h1-7,10,14,20H,8-9,11,18H2. The van der Waals surface area contributed by atoms with Crippen molar-refractivity contribution in [2.24, 2.45) is 0 Å². The molecule has 1 aliphatic rings. The SMILES string of the molecule is Nc1ccccc1CN(C(=O)c1cccc(O)c1)C1CC1. The summed E-state index contributed by atoms with van der Waals surface area (Å²) in [5.74, 6) is 0.0486. The molecule has 2 aromatic rings. The summed E-state index contributed by atoms with van der Waals surface area (Å²) in [6.07, 6.45) is 2.05. The number of carbonyl (C=O) groups is 1. The van der Waals surface area contributed by atoms with Gasteiger partial charge in [-0.2, -0.15) is 0 Å². The smallest absolute Gasteiger partial charge is 0.254 e. The topological polar surface area (TPSA) is 66.6 Å². The van der Waals surface area contributed by atoms with Crippen molar-refractivity contribution < 1.29 is 9.90 Å². The summed E-state index contributed by atoms with van der Waals surface area (Å²) in [6.45, 7) is 0.506. The van der Waals surface area contributed by atoms with Gasteiger partial charge >= 0.3 is 0 Å². The molecular weight excluding hydrogens is 264 g/mol. The maximum absolute atomic E-state index is 12.7. The molecule has 1 fully saturated rings. The summed E-state index contributed by atoms with van der Waals surface area (Å²) < 4.78 is 0. The van der Waals surface area contributed by atoms with Gasteiger partial charge in [-0.15, -0.1) is 0 Å². The fraction of sp³-hybridized carbons (Fsp3) is 0.235. The van der Waals surface area contributed by atoms with E-state index in [-0.39, 0.29) is 17.7 Å². The number of rotatable bonds is 4. The molecule has 2 aromatic carbocycles. The fourth-order valence-corrected chi connectivity index (χ4v) is 2.42. The number of phenols is 1. The van der Waals surface area contributed by atoms with Gasteiger partial charge in [-0.25, -0.2) is 0 Å². The summed E-state index contributed by atoms with van der Waals surface area (Å²) in [6, 6.07) is 14.4. The summed E-state index contributed by atoms with van der Waals surface area (Å²) in [7, 11) is 0. The number of nitrogens with two attached hydrogens (primary N) is 1. The number of nitrogens with zero attached hydrogens (tertiary/aromatic N) is 1. The summed E-state index contributed by atoms with van der Waals surface area (Å²) in [5.41, 5.74) is 8.14. The van der Waals surface area contributed by atoms with Crippen LogP contribution in [0.1, 0.15) is 28.8 Å². The maximum atomic E-state index is 12.7. The largest absolute Gasteiger partial charge is 0.508 e. The van der Waals surface area contributed by atoms with Gasteiger partial charge < -0.3 is 15.7 Å². The second-order valence-electron chi connectivity index (χ2n) is 5.41. The predicted molar refractivity (Wildman–Crippen MR) is 81.9 cm³/mol. The number of amides is 1. The van der Waals surface area contributed by atoms with Crippen molar-refractivity contribution in [1.29, 1.82) is 0 Å². The van der Waals surface area contributed by atoms with Gasteiger partial charge in [0.2, 0.25) is 0 Å². The van der Waals surface area contributed by atoms with Crippen LogP contribution in [0.5, 0.6) is 5.75 Å². The molecular formula is C17H18N2O2. The van der Waals surface area contributed by atoms with Crippen LogP contribution in [0.15, 0.2) is 48.5 Å². The first kappa shape index (κ1) is 13.5. The third kappa shape index (κ3) is 2.99. The molecule has 0 aliphatic heterocycles. The van der Waals surface area contributed by atoms with Crippen molar-refractivity contribution in [3.05, 3.63) is 59.7 Å². The van der Waals surface area contributed by atoms with Crippen LogP contribution in [0.4, 0.5) is 5.69 Å². The van der Waals surface area contributed by atoms with E-state index in [1.54, 1.807) is 18.2 Å². The second kappa shape index (κ2) is 5.48. The highest BCUT2D eigenvalue weighted by Crippen LogP contribution is 2.31. The van der Waals surface area contributed by atoms with Crippen LogP contribution in [0.2, 0.25) is 0 Å². The van der Waals surface area contributed by atoms with Gasteiger partial charge in [0, 0.05) is 23.8 Å². The Bertz CT molecular complexity index is 665. The Morgan fingerprint density at radius 3 is 2.62 bits per heavy atom. The lowest BCUT2D eigenvalue weighted by molar-refractivity contribution is 0.0730. The molecule has 4 nitrogen and oxygen atoms in total. The molecule has 3 N–H and O–H groups in total. The molecule has 0 heterocycles. The van der Waals surface area contributed by atoms with Gasteiger partial charge in [0.15, 0.2) is 0 Å². The molecule has 0 saturated heterocycles. The van der Waals surface area contributed by atoms with Gasteiger partial charge in [-0.05, 0) is 42.7 Å². The quantitative estimate of drug-likeness (QED) is 0.847. The third-order valence-corrected chi connectivity index (χ3v) is 3.74. The Balaban J connectivity index is 1.85. The monoisotopic (exact) mass is 282 g/mol. The van der Waals surface area contributed by atoms with Crippen molar-refractivity contribution in [3.8, 4) is 5.75 Å². The molecule has 0 spiro atoms. The summed E-state index contributed by atoms with van der Waals surface area (Å²) in [5, 5.41) is 9.54. The Hall–Kier alpha value is -2.49. The number of nitrogen functional groups attached to an aromatic ring is 1. The minimum atomic E-state index is -0.0587. The van der Waals surface area contributed by atoms with Crippen LogP contribution in [0.3, 0.4) is 0 Å². The number of carbonyl (C=O) groups excluding carboxylic acids is 1. The highest BCUT2D eigenvalue weighted by Gasteiger charge is 2.33. The molecule has 0 aromatic heterocycles. The Morgan fingerprint density at radius 2 is 1.95 bits per heavy atom. The first-order chi connectivity index (χ1) is 10.1. The lowest BCUT2D eigenvalue weighted by Gasteiger charge is -2.23. The number of aromatic hydroxyl groups is 1. The van der Waals surface area contributed by atoms with E-state index in [0.717, 1.165) is 18.4 Å². The van der Waals surface area contributed by atoms with E-state index in [1.165, 1.54) is 6.07 Å². The van der Waals surface area contributed by atoms with E-state index in [9.17, 15) is 9.90 Å². The first-order valence-electron chi connectivity index (χ1n) is 7.08. The van der Waals surface area contributed by atoms with Gasteiger partial charge in [-0.1, -0.05) is 24.3 Å². The number of phenolic OH excluding ortho intramolecular Hbond substituents is 1. The summed E-state index contributed by atoms with van der Waals surface area (Å²) in [4.78, 5) is 14.5. The number of hydrogen-bond acceptors (Lipinski definition) is 3. The molecule has 1 saturated carbocycles. The van der Waals surface area contributed by atoms with E-state index in [1.807, 2.05) is 29.2 Å². The molecule has 0 bridgehead atoms. The van der Waals surface area contributed by atoms with Crippen LogP contribution in [0.25, 0.3) is 0 Å². The average Bonchev–Trinajstić information content (AvgIpc) is 3.30. The van der Waals surface area contributed by atoms with Crippen molar-refractivity contribution in [2.45, 2.75) is 25.4 Å². The third-order valence-electron chi connectivity index (χ3n) is 3.74. The Labute approximate surface area is 123 Å². The average molecular weight is 282 g/mol. The number of anilines is 1. The lowest BCUT2D eigenvalue weighted by Crippen LogP contribution is -2.32. The fourth-order valence-electron chi connectivity index (χ4n) is 2.42. The van der Waals surface area contributed by atoms with Gasteiger partial charge in [0.05, 0.1) is 0 Å². The Morgan fingerprint density at radius 1 is 1.19 bits per heavy atom. The molecule has 0 unspecified atom stereocenters. The first-order valence-corrected chi connectivity index (χ1v) is 7.08. The summed E-state index contributed by atoms with van der Waals surface area (Å²) >= 11 is 0. The molecule has 0 atom stereocenters. The maximum Gasteiger partial charge on any atom is 0.254 e. The van der Waals surface area contributed by atoms with Gasteiger partial charge in [0.1, 0.15) is 5.75 Å². The minimum absolute atomic E-state index is 0.0587. The van der Waals surface area contributed by atoms with Gasteiger partial charge in [0.25, 0.3) is 5.91 Å². The van der Waals surface area contributed by atoms with Crippen LogP contribution in [-0.4, -0.2) is 22.0 Å². The lowest BCUT2D eigenvalue weighted by atomic mass is 10.1. The van der Waals surface area contributed by atoms with E-state index in [0.29, 0.717) is 17.8 Å². The number of hydrogen-bond donors (Lipinski definition) is 2. The van der Waals surface area contributed by atoms with Crippen LogP contribution < -0.4 is 5.73 Å². The highest BCUT2D eigenvalue weighted by atomic mass is 16.3. The number of benzene rings is 2. The van der Waals surface area contributed by atoms with Crippen molar-refractivity contribution in [3.63, 3.8) is 0 Å². The molecule has 108 valence electrons. The van der Waals surface area contributed by atoms with Crippen LogP contribution in [-0.2, 0) is 6.54 Å². The van der Waals surface area contributed by atoms with Crippen LogP contribution >= 0.6 is 0 Å². The van der Waals surface area contributed by atoms with E-state index in [4.69, 9.17) is 5.73 Å². The second-order valence-corrected chi connectivity index (χ2v) is 5.41. The van der Waals surface area contributed by atoms with E-state index < -0.39 is 0 Å². The van der Waals surface area contributed by atoms with Crippen molar-refractivity contribution in [2.75, 3.05) is 5.73 Å². The Kier molecular flexibility index (Phi) is 3.52.